The first-order chi connectivity index (χ1) is 17.6. The molecule has 0 amide bonds. The normalized spacial score (nSPS) is 15.1. The van der Waals surface area contributed by atoms with Crippen LogP contribution in [0.15, 0.2) is 66.7 Å². The van der Waals surface area contributed by atoms with Crippen LogP contribution >= 0.6 is 0 Å². The van der Waals surface area contributed by atoms with Crippen LogP contribution in [0, 0.1) is 5.92 Å². The molecule has 0 saturated heterocycles. The van der Waals surface area contributed by atoms with Gasteiger partial charge in [-0.1, -0.05) is 48.5 Å². The van der Waals surface area contributed by atoms with Crippen LogP contribution in [0.1, 0.15) is 35.2 Å². The summed E-state index contributed by atoms with van der Waals surface area (Å²) >= 11 is 0. The lowest BCUT2D eigenvalue weighted by molar-refractivity contribution is -0.141. The predicted molar refractivity (Wildman–Crippen MR) is 129 cm³/mol. The van der Waals surface area contributed by atoms with E-state index in [0.717, 1.165) is 29.8 Å². The van der Waals surface area contributed by atoms with Crippen LogP contribution < -0.4 is 5.32 Å². The lowest BCUT2D eigenvalue weighted by atomic mass is 10.0. The number of halogens is 6. The van der Waals surface area contributed by atoms with E-state index in [1.807, 2.05) is 30.3 Å². The quantitative estimate of drug-likeness (QED) is 0.277. The highest BCUT2D eigenvalue weighted by Gasteiger charge is 2.36. The molecule has 0 aliphatic heterocycles. The van der Waals surface area contributed by atoms with Crippen molar-refractivity contribution in [1.82, 2.24) is 10.3 Å². The molecule has 1 saturated carbocycles. The SMILES string of the molecule is FC(F)(F)c1ccc(-c2ccc(CCN[C@H](COCC3CC3)Cc3ccccc3)c(C(F)(F)F)n2)cc1. The number of rotatable bonds is 11. The number of aromatic nitrogens is 1. The second-order valence-electron chi connectivity index (χ2n) is 9.35. The van der Waals surface area contributed by atoms with E-state index in [0.29, 0.717) is 25.6 Å². The van der Waals surface area contributed by atoms with Gasteiger partial charge in [0.15, 0.2) is 0 Å². The van der Waals surface area contributed by atoms with Crippen LogP contribution in [0.5, 0.6) is 0 Å². The van der Waals surface area contributed by atoms with Crippen molar-refractivity contribution in [2.24, 2.45) is 5.92 Å². The lowest BCUT2D eigenvalue weighted by Crippen LogP contribution is -2.37. The molecule has 1 atom stereocenters. The molecule has 1 aliphatic carbocycles. The number of alkyl halides is 6. The number of benzene rings is 2. The second-order valence-corrected chi connectivity index (χ2v) is 9.35. The summed E-state index contributed by atoms with van der Waals surface area (Å²) in [4.78, 5) is 3.79. The third-order valence-corrected chi connectivity index (χ3v) is 6.28. The molecule has 0 spiro atoms. The van der Waals surface area contributed by atoms with Crippen LogP contribution in [0.3, 0.4) is 0 Å². The van der Waals surface area contributed by atoms with Crippen molar-refractivity contribution in [2.75, 3.05) is 19.8 Å². The van der Waals surface area contributed by atoms with Gasteiger partial charge in [0.1, 0.15) is 5.69 Å². The van der Waals surface area contributed by atoms with Gasteiger partial charge in [0.05, 0.1) is 17.9 Å². The van der Waals surface area contributed by atoms with Gasteiger partial charge in [-0.15, -0.1) is 0 Å². The number of hydrogen-bond donors (Lipinski definition) is 1. The number of nitrogens with zero attached hydrogens (tertiary/aromatic N) is 1. The Bertz CT molecular complexity index is 1140. The van der Waals surface area contributed by atoms with Gasteiger partial charge >= 0.3 is 12.4 Å². The zero-order valence-electron chi connectivity index (χ0n) is 20.1. The molecule has 3 nitrogen and oxygen atoms in total. The number of pyridine rings is 1. The Hall–Kier alpha value is -2.91. The fourth-order valence-electron chi connectivity index (χ4n) is 4.09. The Morgan fingerprint density at radius 2 is 1.57 bits per heavy atom. The second kappa shape index (κ2) is 11.6. The molecular formula is C28H28F6N2O. The van der Waals surface area contributed by atoms with Gasteiger partial charge in [0.25, 0.3) is 0 Å². The Labute approximate surface area is 211 Å². The maximum atomic E-state index is 13.8. The molecule has 1 N–H and O–H groups in total. The molecule has 0 unspecified atom stereocenters. The van der Waals surface area contributed by atoms with Crippen molar-refractivity contribution in [2.45, 2.75) is 44.1 Å². The maximum Gasteiger partial charge on any atom is 0.433 e. The summed E-state index contributed by atoms with van der Waals surface area (Å²) in [5, 5.41) is 3.33. The molecule has 198 valence electrons. The van der Waals surface area contributed by atoms with Crippen molar-refractivity contribution >= 4 is 0 Å². The highest BCUT2D eigenvalue weighted by Crippen LogP contribution is 2.34. The van der Waals surface area contributed by atoms with E-state index in [1.54, 1.807) is 0 Å². The first-order valence-corrected chi connectivity index (χ1v) is 12.2. The van der Waals surface area contributed by atoms with Gasteiger partial charge in [-0.3, -0.25) is 0 Å². The monoisotopic (exact) mass is 522 g/mol. The maximum absolute atomic E-state index is 13.8. The first kappa shape index (κ1) is 27.1. The van der Waals surface area contributed by atoms with E-state index in [2.05, 4.69) is 10.3 Å². The third-order valence-electron chi connectivity index (χ3n) is 6.28. The topological polar surface area (TPSA) is 34.1 Å². The molecule has 0 bridgehead atoms. The Morgan fingerprint density at radius 3 is 2.19 bits per heavy atom. The Balaban J connectivity index is 1.44. The summed E-state index contributed by atoms with van der Waals surface area (Å²) in [6.45, 7) is 1.44. The molecule has 0 radical (unpaired) electrons. The van der Waals surface area contributed by atoms with Crippen molar-refractivity contribution in [3.8, 4) is 11.3 Å². The smallest absolute Gasteiger partial charge is 0.380 e. The van der Waals surface area contributed by atoms with Gasteiger partial charge in [-0.25, -0.2) is 4.98 Å². The molecule has 1 heterocycles. The molecule has 37 heavy (non-hydrogen) atoms. The van der Waals surface area contributed by atoms with Gasteiger partial charge in [-0.05, 0) is 67.5 Å². The minimum Gasteiger partial charge on any atom is -0.380 e. The van der Waals surface area contributed by atoms with Crippen LogP contribution in [-0.2, 0) is 29.9 Å². The molecule has 3 aromatic rings. The Morgan fingerprint density at radius 1 is 0.865 bits per heavy atom. The van der Waals surface area contributed by atoms with Gasteiger partial charge < -0.3 is 10.1 Å². The zero-order valence-corrected chi connectivity index (χ0v) is 20.1. The molecular weight excluding hydrogens is 494 g/mol. The number of hydrogen-bond acceptors (Lipinski definition) is 3. The van der Waals surface area contributed by atoms with E-state index in [-0.39, 0.29) is 35.8 Å². The van der Waals surface area contributed by atoms with E-state index >= 15 is 0 Å². The molecule has 1 aliphatic rings. The van der Waals surface area contributed by atoms with Crippen molar-refractivity contribution in [3.05, 3.63) is 89.1 Å². The lowest BCUT2D eigenvalue weighted by Gasteiger charge is -2.20. The van der Waals surface area contributed by atoms with Gasteiger partial charge in [-0.2, -0.15) is 26.3 Å². The van der Waals surface area contributed by atoms with E-state index in [1.165, 1.54) is 25.0 Å². The zero-order chi connectivity index (χ0) is 26.5. The first-order valence-electron chi connectivity index (χ1n) is 12.2. The van der Waals surface area contributed by atoms with Crippen LogP contribution in [0.2, 0.25) is 0 Å². The summed E-state index contributed by atoms with van der Waals surface area (Å²) in [7, 11) is 0. The van der Waals surface area contributed by atoms with Crippen molar-refractivity contribution in [1.29, 1.82) is 0 Å². The minimum absolute atomic E-state index is 0.0213. The summed E-state index contributed by atoms with van der Waals surface area (Å²) < 4.78 is 85.8. The Kier molecular flexibility index (Phi) is 8.54. The summed E-state index contributed by atoms with van der Waals surface area (Å²) in [5.74, 6) is 0.612. The van der Waals surface area contributed by atoms with E-state index in [4.69, 9.17) is 4.74 Å². The fourth-order valence-corrected chi connectivity index (χ4v) is 4.09. The van der Waals surface area contributed by atoms with Crippen molar-refractivity contribution in [3.63, 3.8) is 0 Å². The third kappa shape index (κ3) is 8.04. The summed E-state index contributed by atoms with van der Waals surface area (Å²) in [6.07, 6.45) is -6.11. The molecule has 4 rings (SSSR count). The van der Waals surface area contributed by atoms with Crippen molar-refractivity contribution < 1.29 is 31.1 Å². The van der Waals surface area contributed by atoms with Crippen LogP contribution in [0.4, 0.5) is 26.3 Å². The largest absolute Gasteiger partial charge is 0.433 e. The number of ether oxygens (including phenoxy) is 1. The number of nitrogens with one attached hydrogen (secondary N) is 1. The van der Waals surface area contributed by atoms with Gasteiger partial charge in [0, 0.05) is 18.2 Å². The average molecular weight is 523 g/mol. The van der Waals surface area contributed by atoms with E-state index in [9.17, 15) is 26.3 Å². The summed E-state index contributed by atoms with van der Waals surface area (Å²) in [6, 6.07) is 16.4. The molecule has 1 aromatic heterocycles. The highest BCUT2D eigenvalue weighted by atomic mass is 19.4. The van der Waals surface area contributed by atoms with Gasteiger partial charge in [0.2, 0.25) is 0 Å². The average Bonchev–Trinajstić information content (AvgIpc) is 3.68. The van der Waals surface area contributed by atoms with Crippen LogP contribution in [-0.4, -0.2) is 30.8 Å². The minimum atomic E-state index is -4.70. The van der Waals surface area contributed by atoms with Crippen LogP contribution in [0.25, 0.3) is 11.3 Å². The molecule has 1 fully saturated rings. The fraction of sp³-hybridized carbons (Fsp3) is 0.393. The molecule has 2 aromatic carbocycles. The standard InChI is InChI=1S/C28H28F6N2O/c29-27(30,31)23-11-8-21(9-12-23)25-13-10-22(26(36-25)28(32,33)34)14-15-35-24(18-37-17-20-6-7-20)16-19-4-2-1-3-5-19/h1-5,8-13,20,24,35H,6-7,14-18H2/t24-/m0/s1. The summed E-state index contributed by atoms with van der Waals surface area (Å²) in [5.41, 5.74) is -0.633. The highest BCUT2D eigenvalue weighted by molar-refractivity contribution is 5.60. The predicted octanol–water partition coefficient (Wildman–Crippen LogP) is 6.96. The van der Waals surface area contributed by atoms with E-state index < -0.39 is 23.6 Å². The molecule has 9 heteroatoms.